The van der Waals surface area contributed by atoms with E-state index in [4.69, 9.17) is 0 Å². The van der Waals surface area contributed by atoms with Crippen molar-refractivity contribution in [1.82, 2.24) is 26.2 Å². The van der Waals surface area contributed by atoms with E-state index in [0.29, 0.717) is 6.42 Å². The maximum Gasteiger partial charge on any atom is 0.246 e. The molecule has 4 amide bonds. The summed E-state index contributed by atoms with van der Waals surface area (Å²) in [5.41, 5.74) is 2.38. The highest BCUT2D eigenvalue weighted by atomic mass is 16.2. The second-order valence-electron chi connectivity index (χ2n) is 11.2. The van der Waals surface area contributed by atoms with Gasteiger partial charge in [-0.1, -0.05) is 43.5 Å². The Labute approximate surface area is 226 Å². The zero-order chi connectivity index (χ0) is 27.2. The van der Waals surface area contributed by atoms with Crippen LogP contribution in [0.3, 0.4) is 0 Å². The van der Waals surface area contributed by atoms with Crippen molar-refractivity contribution in [2.24, 2.45) is 5.92 Å². The van der Waals surface area contributed by atoms with E-state index in [1.165, 1.54) is 13.4 Å². The van der Waals surface area contributed by atoms with Crippen LogP contribution in [-0.2, 0) is 20.8 Å². The van der Waals surface area contributed by atoms with Gasteiger partial charge in [0.1, 0.15) is 12.1 Å². The minimum atomic E-state index is -0.710. The highest BCUT2D eigenvalue weighted by Crippen LogP contribution is 2.32. The smallest absolute Gasteiger partial charge is 0.246 e. The molecule has 1 aromatic rings. The normalized spacial score (nSPS) is 25.1. The number of likely N-dealkylation sites (N-methyl/N-ethyl adjacent to an activating group) is 1. The molecule has 0 spiro atoms. The van der Waals surface area contributed by atoms with Gasteiger partial charge >= 0.3 is 0 Å². The zero-order valence-electron chi connectivity index (χ0n) is 22.9. The summed E-state index contributed by atoms with van der Waals surface area (Å²) in [5, 5.41) is 12.1. The summed E-state index contributed by atoms with van der Waals surface area (Å²) >= 11 is 0. The number of hydrogen-bond acceptors (Lipinski definition) is 5. The van der Waals surface area contributed by atoms with Crippen LogP contribution in [0.25, 0.3) is 0 Å². The molecule has 0 radical (unpaired) electrons. The van der Waals surface area contributed by atoms with Crippen LogP contribution in [0.4, 0.5) is 4.79 Å². The molecule has 2 aliphatic carbocycles. The molecule has 1 saturated heterocycles. The fourth-order valence-electron chi connectivity index (χ4n) is 6.33. The minimum absolute atomic E-state index is 0.0259. The molecule has 0 aromatic heterocycles. The molecule has 9 nitrogen and oxygen atoms in total. The first kappa shape index (κ1) is 28.1. The Hall–Kier alpha value is -2.88. The van der Waals surface area contributed by atoms with E-state index in [9.17, 15) is 19.2 Å². The van der Waals surface area contributed by atoms with E-state index in [1.807, 2.05) is 12.1 Å². The SMILES string of the molecule is BC(=O)N[C@H]1C[C@@H](C(=O)N[C@@H]2CCCc3ccccc32)N(C(=O)[C@@H](NC(=O)[C@H](C)NC)C2CCCCC2)C1. The van der Waals surface area contributed by atoms with Crippen LogP contribution in [0.2, 0.25) is 0 Å². The van der Waals surface area contributed by atoms with Crippen molar-refractivity contribution in [3.05, 3.63) is 35.4 Å². The van der Waals surface area contributed by atoms with Crippen LogP contribution >= 0.6 is 0 Å². The van der Waals surface area contributed by atoms with Gasteiger partial charge in [-0.3, -0.25) is 19.2 Å². The van der Waals surface area contributed by atoms with E-state index >= 15 is 0 Å². The van der Waals surface area contributed by atoms with Crippen molar-refractivity contribution < 1.29 is 19.2 Å². The molecule has 38 heavy (non-hydrogen) atoms. The number of aryl methyl sites for hydroxylation is 1. The molecular weight excluding hydrogens is 481 g/mol. The fraction of sp³-hybridized carbons (Fsp3) is 0.643. The van der Waals surface area contributed by atoms with Crippen molar-refractivity contribution in [2.75, 3.05) is 13.6 Å². The van der Waals surface area contributed by atoms with Gasteiger partial charge in [-0.2, -0.15) is 0 Å². The largest absolute Gasteiger partial charge is 0.361 e. The number of hydrogen-bond donors (Lipinski definition) is 4. The molecule has 5 atom stereocenters. The van der Waals surface area contributed by atoms with Gasteiger partial charge in [0.05, 0.1) is 12.1 Å². The van der Waals surface area contributed by atoms with Crippen LogP contribution < -0.4 is 21.3 Å². The summed E-state index contributed by atoms with van der Waals surface area (Å²) in [7, 11) is 3.16. The maximum atomic E-state index is 14.1. The molecule has 206 valence electrons. The standard InChI is InChI=1S/C28H42BN5O4/c1-17(30-2)25(35)33-24(19-10-4-3-5-11-19)27(37)34-16-20(31-28(29)38)15-23(34)26(36)32-22-14-8-12-18-9-6-7-13-21(18)22/h6-7,9,13,17,19-20,22-24,30H,3-5,8,10-12,14-16,29H2,1-2H3,(H,31,38)(H,32,36)(H,33,35)/t17-,20-,22+,23-,24-/m0/s1. The average Bonchev–Trinajstić information content (AvgIpc) is 3.34. The van der Waals surface area contributed by atoms with E-state index in [1.54, 1.807) is 18.9 Å². The lowest BCUT2D eigenvalue weighted by molar-refractivity contribution is -0.143. The Morgan fingerprint density at radius 1 is 1.00 bits per heavy atom. The Balaban J connectivity index is 1.56. The van der Waals surface area contributed by atoms with Crippen LogP contribution in [0.5, 0.6) is 0 Å². The van der Waals surface area contributed by atoms with Gasteiger partial charge < -0.3 is 26.2 Å². The van der Waals surface area contributed by atoms with Crippen LogP contribution in [0, 0.1) is 5.92 Å². The zero-order valence-corrected chi connectivity index (χ0v) is 22.9. The highest BCUT2D eigenvalue weighted by Gasteiger charge is 2.45. The molecule has 1 saturated carbocycles. The van der Waals surface area contributed by atoms with Crippen molar-refractivity contribution >= 4 is 31.4 Å². The van der Waals surface area contributed by atoms with Crippen LogP contribution in [0.1, 0.15) is 75.5 Å². The molecule has 1 heterocycles. The van der Waals surface area contributed by atoms with E-state index < -0.39 is 18.1 Å². The average molecular weight is 523 g/mol. The quantitative estimate of drug-likeness (QED) is 0.382. The Morgan fingerprint density at radius 3 is 2.45 bits per heavy atom. The molecule has 10 heteroatoms. The van der Waals surface area contributed by atoms with E-state index in [2.05, 4.69) is 33.4 Å². The van der Waals surface area contributed by atoms with Gasteiger partial charge in [-0.05, 0) is 69.5 Å². The van der Waals surface area contributed by atoms with Crippen molar-refractivity contribution in [3.8, 4) is 0 Å². The summed E-state index contributed by atoms with van der Waals surface area (Å²) in [6.07, 6.45) is 8.08. The van der Waals surface area contributed by atoms with Crippen LogP contribution in [-0.4, -0.2) is 74.0 Å². The lowest BCUT2D eigenvalue weighted by Gasteiger charge is -2.35. The molecule has 4 N–H and O–H groups in total. The van der Waals surface area contributed by atoms with Crippen LogP contribution in [0.15, 0.2) is 24.3 Å². The minimum Gasteiger partial charge on any atom is -0.361 e. The topological polar surface area (TPSA) is 120 Å². The number of benzene rings is 1. The predicted octanol–water partition coefficient (Wildman–Crippen LogP) is 1.17. The molecule has 1 aliphatic heterocycles. The third-order valence-corrected chi connectivity index (χ3v) is 8.49. The molecular formula is C28H42BN5O4. The van der Waals surface area contributed by atoms with Gasteiger partial charge in [0.2, 0.25) is 25.6 Å². The molecule has 3 aliphatic rings. The number of fused-ring (bicyclic) bond motifs is 1. The number of nitrogens with one attached hydrogen (secondary N) is 4. The molecule has 1 aromatic carbocycles. The summed E-state index contributed by atoms with van der Waals surface area (Å²) in [5.74, 6) is -0.827. The van der Waals surface area contributed by atoms with Crippen molar-refractivity contribution in [1.29, 1.82) is 0 Å². The molecule has 2 fully saturated rings. The fourth-order valence-corrected chi connectivity index (χ4v) is 6.33. The first-order chi connectivity index (χ1) is 18.3. The van der Waals surface area contributed by atoms with Gasteiger partial charge in [-0.15, -0.1) is 0 Å². The first-order valence-corrected chi connectivity index (χ1v) is 14.2. The van der Waals surface area contributed by atoms with Gasteiger partial charge in [0, 0.05) is 12.6 Å². The number of carbonyl (C=O) groups excluding carboxylic acids is 4. The first-order valence-electron chi connectivity index (χ1n) is 14.2. The summed E-state index contributed by atoms with van der Waals surface area (Å²) < 4.78 is 0. The number of carbonyl (C=O) groups is 4. The summed E-state index contributed by atoms with van der Waals surface area (Å²) in [6, 6.07) is 5.92. The molecule has 0 unspecified atom stereocenters. The summed E-state index contributed by atoms with van der Waals surface area (Å²) in [6.45, 7) is 2.01. The predicted molar refractivity (Wildman–Crippen MR) is 148 cm³/mol. The summed E-state index contributed by atoms with van der Waals surface area (Å²) in [4.78, 5) is 54.2. The van der Waals surface area contributed by atoms with Gasteiger partial charge in [0.25, 0.3) is 0 Å². The third kappa shape index (κ3) is 6.57. The van der Waals surface area contributed by atoms with Crippen molar-refractivity contribution in [3.63, 3.8) is 0 Å². The second kappa shape index (κ2) is 12.8. The van der Waals surface area contributed by atoms with Gasteiger partial charge in [0.15, 0.2) is 5.81 Å². The Kier molecular flexibility index (Phi) is 9.47. The number of likely N-dealkylation sites (tertiary alicyclic amines) is 1. The van der Waals surface area contributed by atoms with E-state index in [0.717, 1.165) is 56.9 Å². The highest BCUT2D eigenvalue weighted by molar-refractivity contribution is 6.57. The number of amides is 4. The monoisotopic (exact) mass is 523 g/mol. The Morgan fingerprint density at radius 2 is 1.74 bits per heavy atom. The molecule has 4 rings (SSSR count). The number of rotatable bonds is 8. The van der Waals surface area contributed by atoms with Gasteiger partial charge in [-0.25, -0.2) is 0 Å². The van der Waals surface area contributed by atoms with E-state index in [-0.39, 0.29) is 48.1 Å². The number of nitrogens with zero attached hydrogens (tertiary/aromatic N) is 1. The maximum absolute atomic E-state index is 14.1. The lowest BCUT2D eigenvalue weighted by atomic mass is 9.83. The third-order valence-electron chi connectivity index (χ3n) is 8.49. The lowest BCUT2D eigenvalue weighted by Crippen LogP contribution is -2.58. The second-order valence-corrected chi connectivity index (χ2v) is 11.2. The van der Waals surface area contributed by atoms with Crippen molar-refractivity contribution in [2.45, 2.75) is 94.9 Å². The Bertz CT molecular complexity index is 1030. The molecule has 0 bridgehead atoms.